The number of hydrogen-bond acceptors (Lipinski definition) is 3. The van der Waals surface area contributed by atoms with Crippen LogP contribution in [0.2, 0.25) is 0 Å². The Kier molecular flexibility index (Phi) is 7.06. The highest BCUT2D eigenvalue weighted by atomic mass is 19.3. The molecule has 5 nitrogen and oxygen atoms in total. The topological polar surface area (TPSA) is 54.9 Å². The highest BCUT2D eigenvalue weighted by Gasteiger charge is 2.12. The molecular weight excluding hydrogens is 364 g/mol. The van der Waals surface area contributed by atoms with Crippen LogP contribution in [0.4, 0.5) is 8.78 Å². The lowest BCUT2D eigenvalue weighted by molar-refractivity contribution is -0.0504. The minimum absolute atomic E-state index is 0.150. The molecule has 0 saturated carbocycles. The van der Waals surface area contributed by atoms with Gasteiger partial charge < -0.3 is 20.1 Å². The minimum atomic E-state index is -2.85. The van der Waals surface area contributed by atoms with E-state index in [4.69, 9.17) is 4.74 Å². The van der Waals surface area contributed by atoms with Crippen molar-refractivity contribution in [2.75, 3.05) is 19.7 Å². The summed E-state index contributed by atoms with van der Waals surface area (Å²) in [5.41, 5.74) is 3.11. The largest absolute Gasteiger partial charge is 0.493 e. The number of fused-ring (bicyclic) bond motifs is 1. The summed E-state index contributed by atoms with van der Waals surface area (Å²) in [6.07, 6.45) is 1.81. The van der Waals surface area contributed by atoms with Crippen LogP contribution in [0, 0.1) is 0 Å². The van der Waals surface area contributed by atoms with Crippen molar-refractivity contribution >= 4 is 5.96 Å². The van der Waals surface area contributed by atoms with Crippen LogP contribution in [-0.4, -0.2) is 32.3 Å². The van der Waals surface area contributed by atoms with Crippen LogP contribution < -0.4 is 20.1 Å². The zero-order chi connectivity index (χ0) is 19.8. The van der Waals surface area contributed by atoms with Crippen molar-refractivity contribution in [3.05, 3.63) is 59.2 Å². The van der Waals surface area contributed by atoms with Crippen molar-refractivity contribution in [2.45, 2.75) is 32.9 Å². The van der Waals surface area contributed by atoms with E-state index in [0.717, 1.165) is 25.2 Å². The third-order valence-electron chi connectivity index (χ3n) is 4.40. The van der Waals surface area contributed by atoms with Crippen molar-refractivity contribution in [1.29, 1.82) is 0 Å². The standard InChI is InChI=1S/C21H25F2N3O2/c1-2-24-21(26-14-17-5-3-4-6-19(17)28-20(22)23)25-11-9-15-7-8-18-16(13-15)10-12-27-18/h3-8,13,20H,2,9-12,14H2,1H3,(H2,24,25,26). The molecule has 2 aromatic rings. The lowest BCUT2D eigenvalue weighted by Gasteiger charge is -2.13. The Labute approximate surface area is 163 Å². The Morgan fingerprint density at radius 2 is 2.07 bits per heavy atom. The van der Waals surface area contributed by atoms with Gasteiger partial charge in [-0.05, 0) is 36.6 Å². The first kappa shape index (κ1) is 19.9. The van der Waals surface area contributed by atoms with Gasteiger partial charge in [-0.1, -0.05) is 30.3 Å². The summed E-state index contributed by atoms with van der Waals surface area (Å²) in [4.78, 5) is 4.49. The summed E-state index contributed by atoms with van der Waals surface area (Å²) < 4.78 is 35.2. The number of benzene rings is 2. The molecule has 0 amide bonds. The predicted molar refractivity (Wildman–Crippen MR) is 105 cm³/mol. The monoisotopic (exact) mass is 389 g/mol. The Morgan fingerprint density at radius 3 is 2.89 bits per heavy atom. The quantitative estimate of drug-likeness (QED) is 0.536. The number of halogens is 2. The Hall–Kier alpha value is -2.83. The zero-order valence-corrected chi connectivity index (χ0v) is 15.9. The van der Waals surface area contributed by atoms with Crippen molar-refractivity contribution in [2.24, 2.45) is 4.99 Å². The van der Waals surface area contributed by atoms with E-state index in [1.807, 2.05) is 13.0 Å². The molecule has 2 aromatic carbocycles. The van der Waals surface area contributed by atoms with Gasteiger partial charge in [0.2, 0.25) is 0 Å². The maximum absolute atomic E-state index is 12.5. The van der Waals surface area contributed by atoms with Crippen molar-refractivity contribution in [3.63, 3.8) is 0 Å². The van der Waals surface area contributed by atoms with Crippen molar-refractivity contribution in [1.82, 2.24) is 10.6 Å². The number of nitrogens with one attached hydrogen (secondary N) is 2. The average Bonchev–Trinajstić information content (AvgIpc) is 3.14. The predicted octanol–water partition coefficient (Wildman–Crippen LogP) is 3.52. The lowest BCUT2D eigenvalue weighted by atomic mass is 10.1. The first-order valence-corrected chi connectivity index (χ1v) is 9.45. The summed E-state index contributed by atoms with van der Waals surface area (Å²) in [5.74, 6) is 1.77. The van der Waals surface area contributed by atoms with Gasteiger partial charge in [-0.15, -0.1) is 0 Å². The maximum Gasteiger partial charge on any atom is 0.387 e. The van der Waals surface area contributed by atoms with Gasteiger partial charge in [0.05, 0.1) is 13.2 Å². The number of guanidine groups is 1. The van der Waals surface area contributed by atoms with E-state index >= 15 is 0 Å². The number of para-hydroxylation sites is 1. The molecule has 0 saturated heterocycles. The number of rotatable bonds is 8. The highest BCUT2D eigenvalue weighted by Crippen LogP contribution is 2.26. The van der Waals surface area contributed by atoms with Crippen LogP contribution in [0.25, 0.3) is 0 Å². The molecule has 2 N–H and O–H groups in total. The molecule has 0 radical (unpaired) electrons. The van der Waals surface area contributed by atoms with Gasteiger partial charge in [0.1, 0.15) is 11.5 Å². The summed E-state index contributed by atoms with van der Waals surface area (Å²) in [6, 6.07) is 13.0. The third kappa shape index (κ3) is 5.58. The van der Waals surface area contributed by atoms with Crippen LogP contribution in [0.3, 0.4) is 0 Å². The first-order chi connectivity index (χ1) is 13.7. The SMILES string of the molecule is CCNC(=NCc1ccccc1OC(F)F)NCCc1ccc2c(c1)CCO2. The molecule has 1 aliphatic rings. The van der Waals surface area contributed by atoms with Gasteiger partial charge in [0, 0.05) is 25.1 Å². The third-order valence-corrected chi connectivity index (χ3v) is 4.40. The molecule has 0 fully saturated rings. The Morgan fingerprint density at radius 1 is 1.21 bits per heavy atom. The van der Waals surface area contributed by atoms with Crippen LogP contribution in [0.15, 0.2) is 47.5 Å². The molecule has 1 aliphatic heterocycles. The van der Waals surface area contributed by atoms with Gasteiger partial charge in [-0.25, -0.2) is 4.99 Å². The number of aliphatic imine (C=N–C) groups is 1. The molecule has 1 heterocycles. The fraction of sp³-hybridized carbons (Fsp3) is 0.381. The summed E-state index contributed by atoms with van der Waals surface area (Å²) in [7, 11) is 0. The van der Waals surface area contributed by atoms with Crippen molar-refractivity contribution in [3.8, 4) is 11.5 Å². The molecule has 0 atom stereocenters. The maximum atomic E-state index is 12.5. The van der Waals surface area contributed by atoms with E-state index in [1.165, 1.54) is 17.2 Å². The van der Waals surface area contributed by atoms with Gasteiger partial charge in [-0.3, -0.25) is 0 Å². The summed E-state index contributed by atoms with van der Waals surface area (Å²) >= 11 is 0. The lowest BCUT2D eigenvalue weighted by Crippen LogP contribution is -2.38. The number of nitrogens with zero attached hydrogens (tertiary/aromatic N) is 1. The zero-order valence-electron chi connectivity index (χ0n) is 15.9. The molecule has 0 spiro atoms. The molecule has 0 unspecified atom stereocenters. The second-order valence-electron chi connectivity index (χ2n) is 6.40. The van der Waals surface area contributed by atoms with E-state index in [9.17, 15) is 8.78 Å². The molecule has 0 bridgehead atoms. The molecule has 3 rings (SSSR count). The van der Waals surface area contributed by atoms with Gasteiger partial charge in [-0.2, -0.15) is 8.78 Å². The average molecular weight is 389 g/mol. The second-order valence-corrected chi connectivity index (χ2v) is 6.40. The summed E-state index contributed by atoms with van der Waals surface area (Å²) in [6.45, 7) is 1.54. The minimum Gasteiger partial charge on any atom is -0.493 e. The normalized spacial score (nSPS) is 13.2. The molecule has 28 heavy (non-hydrogen) atoms. The fourth-order valence-corrected chi connectivity index (χ4v) is 3.07. The summed E-state index contributed by atoms with van der Waals surface area (Å²) in [5, 5.41) is 6.46. The molecule has 150 valence electrons. The first-order valence-electron chi connectivity index (χ1n) is 9.45. The smallest absolute Gasteiger partial charge is 0.387 e. The number of ether oxygens (including phenoxy) is 2. The Bertz CT molecular complexity index is 812. The molecule has 0 aliphatic carbocycles. The van der Waals surface area contributed by atoms with E-state index in [2.05, 4.69) is 32.5 Å². The van der Waals surface area contributed by atoms with E-state index in [0.29, 0.717) is 24.6 Å². The Balaban J connectivity index is 1.57. The van der Waals surface area contributed by atoms with Crippen LogP contribution in [0.1, 0.15) is 23.6 Å². The van der Waals surface area contributed by atoms with Gasteiger partial charge >= 0.3 is 6.61 Å². The molecule has 0 aromatic heterocycles. The van der Waals surface area contributed by atoms with Crippen LogP contribution in [-0.2, 0) is 19.4 Å². The van der Waals surface area contributed by atoms with E-state index in [-0.39, 0.29) is 12.3 Å². The van der Waals surface area contributed by atoms with E-state index < -0.39 is 6.61 Å². The van der Waals surface area contributed by atoms with Crippen molar-refractivity contribution < 1.29 is 18.3 Å². The second kappa shape index (κ2) is 9.92. The van der Waals surface area contributed by atoms with Gasteiger partial charge in [0.25, 0.3) is 0 Å². The van der Waals surface area contributed by atoms with Crippen LogP contribution in [0.5, 0.6) is 11.5 Å². The number of alkyl halides is 2. The van der Waals surface area contributed by atoms with Crippen LogP contribution >= 0.6 is 0 Å². The fourth-order valence-electron chi connectivity index (χ4n) is 3.07. The molecular formula is C21H25F2N3O2. The molecule has 7 heteroatoms. The van der Waals surface area contributed by atoms with E-state index in [1.54, 1.807) is 18.2 Å². The highest BCUT2D eigenvalue weighted by molar-refractivity contribution is 5.79. The van der Waals surface area contributed by atoms with Gasteiger partial charge in [0.15, 0.2) is 5.96 Å². The number of hydrogen-bond donors (Lipinski definition) is 2.